The van der Waals surface area contributed by atoms with Crippen molar-refractivity contribution >= 4 is 23.3 Å². The molecule has 6 heteroatoms. The third-order valence-electron chi connectivity index (χ3n) is 4.54. The maximum Gasteiger partial charge on any atom is 0.332 e. The molecule has 142 valence electrons. The number of hydroxylamine groups is 2. The maximum atomic E-state index is 11.9. The molecule has 1 rings (SSSR count). The molecule has 0 saturated carbocycles. The quantitative estimate of drug-likeness (QED) is 0.624. The van der Waals surface area contributed by atoms with Gasteiger partial charge < -0.3 is 4.84 Å². The van der Waals surface area contributed by atoms with Crippen molar-refractivity contribution < 1.29 is 24.0 Å². The topological polar surface area (TPSA) is 80.8 Å². The summed E-state index contributed by atoms with van der Waals surface area (Å²) in [5.74, 6) is -0.567. The Kier molecular flexibility index (Phi) is 7.06. The Hall–Kier alpha value is -1.56. The molecule has 1 fully saturated rings. The molecule has 0 amide bonds. The number of carbonyl (C=O) groups is 4. The summed E-state index contributed by atoms with van der Waals surface area (Å²) in [5.41, 5.74) is -0.801. The highest BCUT2D eigenvalue weighted by molar-refractivity contribution is 5.97. The number of carbonyl (C=O) groups excluding carboxylic acids is 4. The third kappa shape index (κ3) is 6.69. The summed E-state index contributed by atoms with van der Waals surface area (Å²) < 4.78 is 0. The van der Waals surface area contributed by atoms with Gasteiger partial charge >= 0.3 is 5.97 Å². The van der Waals surface area contributed by atoms with Gasteiger partial charge in [-0.25, -0.2) is 4.79 Å². The van der Waals surface area contributed by atoms with E-state index in [2.05, 4.69) is 0 Å². The number of rotatable bonds is 8. The Balaban J connectivity index is 2.73. The SMILES string of the molecule is CC(=O)CC(=O)CCC1CC(C)(C)N(OC(=O)CC(C)=O)C(C)(C)C1. The van der Waals surface area contributed by atoms with E-state index >= 15 is 0 Å². The largest absolute Gasteiger partial charge is 0.366 e. The van der Waals surface area contributed by atoms with Gasteiger partial charge in [0.2, 0.25) is 0 Å². The molecule has 0 aromatic rings. The molecule has 0 radical (unpaired) electrons. The molecule has 0 aromatic carbocycles. The van der Waals surface area contributed by atoms with Crippen LogP contribution >= 0.6 is 0 Å². The molecule has 0 spiro atoms. The normalized spacial score (nSPS) is 20.1. The van der Waals surface area contributed by atoms with Crippen LogP contribution in [0.3, 0.4) is 0 Å². The standard InChI is InChI=1S/C19H31NO5/c1-13(21)9-16(23)8-7-15-11-18(3,4)20(19(5,6)12-15)25-17(24)10-14(2)22/h15H,7-12H2,1-6H3. The first-order chi connectivity index (χ1) is 11.3. The number of piperidine rings is 1. The van der Waals surface area contributed by atoms with Crippen LogP contribution in [0.5, 0.6) is 0 Å². The van der Waals surface area contributed by atoms with Crippen LogP contribution < -0.4 is 0 Å². The van der Waals surface area contributed by atoms with Crippen LogP contribution in [0.2, 0.25) is 0 Å². The van der Waals surface area contributed by atoms with E-state index in [1.165, 1.54) is 13.8 Å². The Morgan fingerprint density at radius 3 is 1.84 bits per heavy atom. The average molecular weight is 353 g/mol. The Bertz CT molecular complexity index is 532. The van der Waals surface area contributed by atoms with Gasteiger partial charge in [-0.15, -0.1) is 5.06 Å². The van der Waals surface area contributed by atoms with Gasteiger partial charge in [-0.1, -0.05) is 0 Å². The van der Waals surface area contributed by atoms with Crippen LogP contribution in [-0.2, 0) is 24.0 Å². The number of Topliss-reactive ketones (excluding diaryl/α,β-unsaturated/α-hetero) is 3. The fraction of sp³-hybridized carbons (Fsp3) is 0.789. The number of hydrogen-bond acceptors (Lipinski definition) is 6. The highest BCUT2D eigenvalue weighted by Gasteiger charge is 2.47. The summed E-state index contributed by atoms with van der Waals surface area (Å²) in [5, 5.41) is 1.71. The highest BCUT2D eigenvalue weighted by Crippen LogP contribution is 2.43. The van der Waals surface area contributed by atoms with Crippen molar-refractivity contribution in [3.8, 4) is 0 Å². The summed E-state index contributed by atoms with van der Waals surface area (Å²) in [4.78, 5) is 51.4. The number of ketones is 3. The number of hydrogen-bond donors (Lipinski definition) is 0. The Morgan fingerprint density at radius 2 is 1.40 bits per heavy atom. The lowest BCUT2D eigenvalue weighted by Crippen LogP contribution is -2.61. The zero-order valence-electron chi connectivity index (χ0n) is 16.3. The minimum Gasteiger partial charge on any atom is -0.366 e. The van der Waals surface area contributed by atoms with Crippen LogP contribution in [0.15, 0.2) is 0 Å². The van der Waals surface area contributed by atoms with Gasteiger partial charge in [0.05, 0.1) is 17.5 Å². The van der Waals surface area contributed by atoms with Gasteiger partial charge in [0, 0.05) is 6.42 Å². The first-order valence-corrected chi connectivity index (χ1v) is 8.85. The first kappa shape index (κ1) is 21.5. The smallest absolute Gasteiger partial charge is 0.332 e. The second kappa shape index (κ2) is 8.21. The summed E-state index contributed by atoms with van der Waals surface area (Å²) in [7, 11) is 0. The minimum atomic E-state index is -0.538. The van der Waals surface area contributed by atoms with Crippen molar-refractivity contribution in [3.63, 3.8) is 0 Å². The second-order valence-electron chi connectivity index (χ2n) is 8.49. The summed E-state index contributed by atoms with van der Waals surface area (Å²) >= 11 is 0. The molecule has 6 nitrogen and oxygen atoms in total. The minimum absolute atomic E-state index is 0.00822. The van der Waals surface area contributed by atoms with Gasteiger partial charge in [-0.3, -0.25) is 14.4 Å². The Labute approximate surface area is 150 Å². The van der Waals surface area contributed by atoms with Gasteiger partial charge in [0.15, 0.2) is 0 Å². The van der Waals surface area contributed by atoms with Gasteiger partial charge in [0.25, 0.3) is 0 Å². The molecule has 1 aliphatic rings. The summed E-state index contributed by atoms with van der Waals surface area (Å²) in [6.07, 6.45) is 2.46. The van der Waals surface area contributed by atoms with Crippen molar-refractivity contribution in [2.24, 2.45) is 5.92 Å². The monoisotopic (exact) mass is 353 g/mol. The van der Waals surface area contributed by atoms with E-state index in [1.54, 1.807) is 5.06 Å². The molecule has 0 aromatic heterocycles. The summed E-state index contributed by atoms with van der Waals surface area (Å²) in [6, 6.07) is 0. The van der Waals surface area contributed by atoms with Crippen LogP contribution in [0, 0.1) is 5.92 Å². The summed E-state index contributed by atoms with van der Waals surface area (Å²) in [6.45, 7) is 10.8. The van der Waals surface area contributed by atoms with Crippen LogP contribution in [0.4, 0.5) is 0 Å². The molecule has 1 aliphatic heterocycles. The lowest BCUT2D eigenvalue weighted by molar-refractivity contribution is -0.271. The second-order valence-corrected chi connectivity index (χ2v) is 8.49. The van der Waals surface area contributed by atoms with Crippen molar-refractivity contribution in [3.05, 3.63) is 0 Å². The van der Waals surface area contributed by atoms with E-state index in [1.807, 2.05) is 27.7 Å². The molecule has 0 atom stereocenters. The maximum absolute atomic E-state index is 11.9. The molecule has 25 heavy (non-hydrogen) atoms. The van der Waals surface area contributed by atoms with E-state index in [0.717, 1.165) is 19.3 Å². The predicted octanol–water partition coefficient (Wildman–Crippen LogP) is 3.02. The molecule has 0 aliphatic carbocycles. The fourth-order valence-electron chi connectivity index (χ4n) is 3.99. The lowest BCUT2D eigenvalue weighted by Gasteiger charge is -2.53. The molecule has 0 unspecified atom stereocenters. The van der Waals surface area contributed by atoms with E-state index in [4.69, 9.17) is 4.84 Å². The third-order valence-corrected chi connectivity index (χ3v) is 4.54. The van der Waals surface area contributed by atoms with Crippen molar-refractivity contribution in [2.45, 2.75) is 91.1 Å². The number of nitrogens with zero attached hydrogens (tertiary/aromatic N) is 1. The van der Waals surface area contributed by atoms with Gasteiger partial charge in [0.1, 0.15) is 23.8 Å². The predicted molar refractivity (Wildman–Crippen MR) is 93.7 cm³/mol. The van der Waals surface area contributed by atoms with E-state index in [0.29, 0.717) is 12.3 Å². The molecule has 0 bridgehead atoms. The average Bonchev–Trinajstić information content (AvgIpc) is 2.38. The van der Waals surface area contributed by atoms with Crippen molar-refractivity contribution in [1.82, 2.24) is 5.06 Å². The molecule has 0 N–H and O–H groups in total. The Morgan fingerprint density at radius 1 is 0.920 bits per heavy atom. The molecule has 1 saturated heterocycles. The highest BCUT2D eigenvalue weighted by atomic mass is 16.7. The molecular weight excluding hydrogens is 322 g/mol. The van der Waals surface area contributed by atoms with Crippen LogP contribution in [0.1, 0.15) is 80.1 Å². The van der Waals surface area contributed by atoms with Crippen LogP contribution in [0.25, 0.3) is 0 Å². The van der Waals surface area contributed by atoms with E-state index in [9.17, 15) is 19.2 Å². The first-order valence-electron chi connectivity index (χ1n) is 8.85. The van der Waals surface area contributed by atoms with E-state index in [-0.39, 0.29) is 30.2 Å². The van der Waals surface area contributed by atoms with Crippen molar-refractivity contribution in [2.75, 3.05) is 0 Å². The van der Waals surface area contributed by atoms with Crippen LogP contribution in [-0.4, -0.2) is 39.5 Å². The molecule has 1 heterocycles. The zero-order chi connectivity index (χ0) is 19.4. The van der Waals surface area contributed by atoms with Gasteiger partial charge in [-0.05, 0) is 66.7 Å². The lowest BCUT2D eigenvalue weighted by atomic mass is 9.73. The van der Waals surface area contributed by atoms with Crippen molar-refractivity contribution in [1.29, 1.82) is 0 Å². The zero-order valence-corrected chi connectivity index (χ0v) is 16.3. The van der Waals surface area contributed by atoms with E-state index < -0.39 is 17.0 Å². The fourth-order valence-corrected chi connectivity index (χ4v) is 3.99. The van der Waals surface area contributed by atoms with Gasteiger partial charge in [-0.2, -0.15) is 0 Å². The molecular formula is C19H31NO5.